The number of nitrogens with zero attached hydrogens (tertiary/aromatic N) is 2. The van der Waals surface area contributed by atoms with E-state index in [0.29, 0.717) is 18.8 Å². The number of anilines is 1. The fourth-order valence-corrected chi connectivity index (χ4v) is 2.79. The van der Waals surface area contributed by atoms with E-state index in [-0.39, 0.29) is 36.2 Å². The minimum atomic E-state index is -4.12. The van der Waals surface area contributed by atoms with Crippen LogP contribution in [0.4, 0.5) is 11.4 Å². The number of amides is 1. The number of nitrogens with two attached hydrogens (primary N) is 1. The van der Waals surface area contributed by atoms with Crippen molar-refractivity contribution in [1.82, 2.24) is 5.32 Å². The van der Waals surface area contributed by atoms with Crippen LogP contribution in [-0.2, 0) is 14.5 Å². The van der Waals surface area contributed by atoms with Crippen LogP contribution in [-0.4, -0.2) is 57.2 Å². The molecule has 0 unspecified atom stereocenters. The Bertz CT molecular complexity index is 740. The average Bonchev–Trinajstić information content (AvgIpc) is 2.57. The zero-order valence-corrected chi connectivity index (χ0v) is 15.9. The molecule has 0 saturated carbocycles. The highest BCUT2D eigenvalue weighted by Crippen LogP contribution is 2.26. The fourth-order valence-electron chi connectivity index (χ4n) is 2.07. The first-order chi connectivity index (χ1) is 12.2. The van der Waals surface area contributed by atoms with E-state index in [0.717, 1.165) is 6.07 Å². The molecule has 0 aromatic heterocycles. The number of hydrogen-bond donors (Lipinski definition) is 2. The Morgan fingerprint density at radius 3 is 2.42 bits per heavy atom. The number of carbonyl (C=O) groups excluding carboxylic acids is 1. The molecule has 0 bridgehead atoms. The van der Waals surface area contributed by atoms with Gasteiger partial charge in [0.2, 0.25) is 0 Å². The van der Waals surface area contributed by atoms with Crippen molar-refractivity contribution in [3.05, 3.63) is 33.9 Å². The second-order valence-electron chi connectivity index (χ2n) is 4.89. The van der Waals surface area contributed by atoms with Gasteiger partial charge in [-0.3, -0.25) is 19.1 Å². The van der Waals surface area contributed by atoms with E-state index in [4.69, 9.17) is 23.2 Å². The average molecular weight is 429 g/mol. The molecule has 3 N–H and O–H groups in total. The summed E-state index contributed by atoms with van der Waals surface area (Å²) in [6.07, 6.45) is 0. The first-order valence-electron chi connectivity index (χ1n) is 7.30. The maximum absolute atomic E-state index is 12.4. The van der Waals surface area contributed by atoms with Gasteiger partial charge in [-0.1, -0.05) is 0 Å². The summed E-state index contributed by atoms with van der Waals surface area (Å²) in [5.74, 6) is -0.121. The minimum Gasteiger partial charge on any atom is -0.368 e. The van der Waals surface area contributed by atoms with Gasteiger partial charge in [0.1, 0.15) is 0 Å². The summed E-state index contributed by atoms with van der Waals surface area (Å²) in [4.78, 5) is 24.5. The van der Waals surface area contributed by atoms with Crippen LogP contribution < -0.4 is 15.4 Å². The molecule has 0 spiro atoms. The number of halogens is 2. The van der Waals surface area contributed by atoms with E-state index in [1.165, 1.54) is 12.1 Å². The van der Waals surface area contributed by atoms with Crippen LogP contribution in [0.2, 0.25) is 0 Å². The Hall–Kier alpha value is -1.66. The number of hydrogen-bond acceptors (Lipinski definition) is 7. The number of nitro benzene ring substituents is 1. The van der Waals surface area contributed by atoms with Crippen LogP contribution in [0.3, 0.4) is 0 Å². The topological polar surface area (TPSA) is 145 Å². The lowest BCUT2D eigenvalue weighted by Gasteiger charge is -2.25. The third-order valence-electron chi connectivity index (χ3n) is 3.12. The monoisotopic (exact) mass is 428 g/mol. The fraction of sp³-hybridized carbons (Fsp3) is 0.462. The van der Waals surface area contributed by atoms with Crippen LogP contribution >= 0.6 is 23.2 Å². The van der Waals surface area contributed by atoms with Crippen molar-refractivity contribution in [2.45, 2.75) is 0 Å². The largest absolute Gasteiger partial charge is 0.368 e. The van der Waals surface area contributed by atoms with Gasteiger partial charge >= 0.3 is 10.3 Å². The lowest BCUT2D eigenvalue weighted by molar-refractivity contribution is -0.384. The van der Waals surface area contributed by atoms with Gasteiger partial charge in [0.25, 0.3) is 11.6 Å². The maximum Gasteiger partial charge on any atom is 0.333 e. The number of carbonyl (C=O) groups is 1. The highest BCUT2D eigenvalue weighted by Gasteiger charge is 2.20. The molecule has 1 amide bonds. The molecule has 0 aliphatic rings. The smallest absolute Gasteiger partial charge is 0.333 e. The van der Waals surface area contributed by atoms with Crippen LogP contribution in [0.1, 0.15) is 10.4 Å². The Balaban J connectivity index is 3.04. The zero-order valence-electron chi connectivity index (χ0n) is 13.6. The third-order valence-corrected chi connectivity index (χ3v) is 3.95. The molecule has 1 rings (SSSR count). The molecule has 13 heteroatoms. The molecule has 26 heavy (non-hydrogen) atoms. The SMILES string of the molecule is NS(=O)(=O)OCCNC(=O)c1cc([N+](=O)[O-])ccc1N(CCCl)CCCl. The maximum atomic E-state index is 12.4. The predicted octanol–water partition coefficient (Wildman–Crippen LogP) is 0.829. The molecule has 0 heterocycles. The molecule has 0 atom stereocenters. The van der Waals surface area contributed by atoms with E-state index < -0.39 is 21.1 Å². The number of nitro groups is 1. The van der Waals surface area contributed by atoms with Crippen LogP contribution in [0.15, 0.2) is 18.2 Å². The van der Waals surface area contributed by atoms with Gasteiger partial charge in [-0.05, 0) is 6.07 Å². The van der Waals surface area contributed by atoms with Gasteiger partial charge in [-0.2, -0.15) is 8.42 Å². The quantitative estimate of drug-likeness (QED) is 0.229. The van der Waals surface area contributed by atoms with E-state index >= 15 is 0 Å². The van der Waals surface area contributed by atoms with Crippen molar-refractivity contribution in [3.63, 3.8) is 0 Å². The van der Waals surface area contributed by atoms with Gasteiger partial charge in [0.15, 0.2) is 0 Å². The van der Waals surface area contributed by atoms with E-state index in [1.54, 1.807) is 4.90 Å². The summed E-state index contributed by atoms with van der Waals surface area (Å²) in [6, 6.07) is 3.83. The molecule has 10 nitrogen and oxygen atoms in total. The van der Waals surface area contributed by atoms with Gasteiger partial charge in [0.05, 0.1) is 22.8 Å². The van der Waals surface area contributed by atoms with Gasteiger partial charge in [-0.25, -0.2) is 5.14 Å². The second-order valence-corrected chi connectivity index (χ2v) is 6.87. The van der Waals surface area contributed by atoms with Gasteiger partial charge in [-0.15, -0.1) is 23.2 Å². The first kappa shape index (κ1) is 22.4. The number of nitrogens with one attached hydrogen (secondary N) is 1. The first-order valence-corrected chi connectivity index (χ1v) is 9.84. The number of rotatable bonds is 11. The second kappa shape index (κ2) is 10.5. The van der Waals surface area contributed by atoms with Crippen LogP contribution in [0, 0.1) is 10.1 Å². The third kappa shape index (κ3) is 7.30. The highest BCUT2D eigenvalue weighted by atomic mass is 35.5. The van der Waals surface area contributed by atoms with Crippen molar-refractivity contribution < 1.29 is 22.3 Å². The molecule has 0 fully saturated rings. The van der Waals surface area contributed by atoms with Crippen molar-refractivity contribution >= 4 is 50.8 Å². The molecule has 1 aromatic rings. The molecule has 1 aromatic carbocycles. The zero-order chi connectivity index (χ0) is 19.7. The Kier molecular flexibility index (Phi) is 9.02. The highest BCUT2D eigenvalue weighted by molar-refractivity contribution is 7.84. The van der Waals surface area contributed by atoms with Crippen LogP contribution in [0.5, 0.6) is 0 Å². The summed E-state index contributed by atoms with van der Waals surface area (Å²) >= 11 is 11.5. The summed E-state index contributed by atoms with van der Waals surface area (Å²) < 4.78 is 25.7. The molecule has 0 aliphatic carbocycles. The molecular weight excluding hydrogens is 411 g/mol. The molecule has 0 aliphatic heterocycles. The van der Waals surface area contributed by atoms with Gasteiger partial charge < -0.3 is 10.2 Å². The van der Waals surface area contributed by atoms with Crippen molar-refractivity contribution in [2.75, 3.05) is 42.9 Å². The standard InChI is InChI=1S/C13H18Cl2N4O6S/c14-3-6-18(7-4-15)12-2-1-10(19(21)22)9-11(12)13(20)17-5-8-25-26(16,23)24/h1-2,9H,3-8H2,(H,17,20)(H2,16,23,24). The summed E-state index contributed by atoms with van der Waals surface area (Å²) in [5.41, 5.74) is 0.184. The normalized spacial score (nSPS) is 11.2. The molecule has 0 radical (unpaired) electrons. The molecule has 0 saturated heterocycles. The Morgan fingerprint density at radius 2 is 1.92 bits per heavy atom. The van der Waals surface area contributed by atoms with E-state index in [9.17, 15) is 23.3 Å². The molecular formula is C13H18Cl2N4O6S. The number of alkyl halides is 2. The lowest BCUT2D eigenvalue weighted by atomic mass is 10.1. The van der Waals surface area contributed by atoms with E-state index in [1.807, 2.05) is 0 Å². The lowest BCUT2D eigenvalue weighted by Crippen LogP contribution is -2.33. The Labute approximate surface area is 160 Å². The number of benzene rings is 1. The molecule has 146 valence electrons. The van der Waals surface area contributed by atoms with E-state index in [2.05, 4.69) is 14.6 Å². The minimum absolute atomic E-state index is 0.0324. The summed E-state index contributed by atoms with van der Waals surface area (Å²) in [6.45, 7) is 0.214. The van der Waals surface area contributed by atoms with Gasteiger partial charge in [0, 0.05) is 43.5 Å². The van der Waals surface area contributed by atoms with Crippen LogP contribution in [0.25, 0.3) is 0 Å². The Morgan fingerprint density at radius 1 is 1.31 bits per heavy atom. The number of non-ortho nitro benzene ring substituents is 1. The van der Waals surface area contributed by atoms with Crippen molar-refractivity contribution in [1.29, 1.82) is 0 Å². The van der Waals surface area contributed by atoms with Crippen molar-refractivity contribution in [2.24, 2.45) is 5.14 Å². The summed E-state index contributed by atoms with van der Waals surface area (Å²) in [7, 11) is -4.12. The van der Waals surface area contributed by atoms with Crippen molar-refractivity contribution in [3.8, 4) is 0 Å². The summed E-state index contributed by atoms with van der Waals surface area (Å²) in [5, 5.41) is 18.1. The predicted molar refractivity (Wildman–Crippen MR) is 98.1 cm³/mol.